The number of ether oxygens (including phenoxy) is 1. The van der Waals surface area contributed by atoms with E-state index in [1.165, 1.54) is 19.3 Å². The van der Waals surface area contributed by atoms with Crippen LogP contribution in [0.2, 0.25) is 0 Å². The van der Waals surface area contributed by atoms with Gasteiger partial charge in [-0.25, -0.2) is 0 Å². The second-order valence-electron chi connectivity index (χ2n) is 5.57. The zero-order valence-corrected chi connectivity index (χ0v) is 12.2. The molecule has 0 aromatic rings. The monoisotopic (exact) mass is 255 g/mol. The summed E-state index contributed by atoms with van der Waals surface area (Å²) in [4.78, 5) is 12.3. The second-order valence-corrected chi connectivity index (χ2v) is 5.57. The molecule has 0 bridgehead atoms. The molecule has 3 unspecified atom stereocenters. The van der Waals surface area contributed by atoms with Crippen LogP contribution >= 0.6 is 0 Å². The van der Waals surface area contributed by atoms with Gasteiger partial charge in [0.05, 0.1) is 12.0 Å². The molecule has 3 atom stereocenters. The maximum atomic E-state index is 12.3. The van der Waals surface area contributed by atoms with Gasteiger partial charge in [-0.2, -0.15) is 0 Å². The molecule has 3 heteroatoms. The Labute approximate surface area is 111 Å². The maximum absolute atomic E-state index is 12.3. The average Bonchev–Trinajstić information content (AvgIpc) is 2.41. The molecular formula is C15H29NO2. The summed E-state index contributed by atoms with van der Waals surface area (Å²) < 4.78 is 5.29. The number of carbonyl (C=O) groups excluding carboxylic acids is 1. The fourth-order valence-corrected chi connectivity index (χ4v) is 3.43. The fraction of sp³-hybridized carbons (Fsp3) is 0.933. The van der Waals surface area contributed by atoms with Crippen molar-refractivity contribution >= 4 is 5.97 Å². The van der Waals surface area contributed by atoms with Gasteiger partial charge in [-0.05, 0) is 38.0 Å². The lowest BCUT2D eigenvalue weighted by Crippen LogP contribution is -2.47. The first-order valence-corrected chi connectivity index (χ1v) is 7.51. The summed E-state index contributed by atoms with van der Waals surface area (Å²) in [6.45, 7) is 7.05. The number of hydrogen-bond acceptors (Lipinski definition) is 3. The first-order chi connectivity index (χ1) is 8.64. The third kappa shape index (κ3) is 3.05. The molecule has 0 aromatic carbocycles. The number of esters is 1. The summed E-state index contributed by atoms with van der Waals surface area (Å²) in [6, 6.07) is 0. The van der Waals surface area contributed by atoms with E-state index in [0.717, 1.165) is 25.2 Å². The van der Waals surface area contributed by atoms with Gasteiger partial charge in [-0.3, -0.25) is 4.79 Å². The highest BCUT2D eigenvalue weighted by atomic mass is 16.5. The lowest BCUT2D eigenvalue weighted by Gasteiger charge is -2.41. The van der Waals surface area contributed by atoms with Crippen LogP contribution in [0, 0.1) is 17.3 Å². The maximum Gasteiger partial charge on any atom is 0.313 e. The highest BCUT2D eigenvalue weighted by Gasteiger charge is 2.45. The zero-order chi connectivity index (χ0) is 13.6. The van der Waals surface area contributed by atoms with Gasteiger partial charge >= 0.3 is 5.97 Å². The van der Waals surface area contributed by atoms with E-state index in [-0.39, 0.29) is 5.97 Å². The van der Waals surface area contributed by atoms with Gasteiger partial charge < -0.3 is 10.5 Å². The lowest BCUT2D eigenvalue weighted by molar-refractivity contribution is -0.160. The SMILES string of the molecule is CCOC(=O)C(CC)(CN)C1CCCC(CC)C1. The molecule has 1 aliphatic rings. The first kappa shape index (κ1) is 15.5. The number of rotatable bonds is 6. The van der Waals surface area contributed by atoms with E-state index >= 15 is 0 Å². The highest BCUT2D eigenvalue weighted by Crippen LogP contribution is 2.44. The molecule has 106 valence electrons. The topological polar surface area (TPSA) is 52.3 Å². The summed E-state index contributed by atoms with van der Waals surface area (Å²) in [6.07, 6.45) is 6.80. The summed E-state index contributed by atoms with van der Waals surface area (Å²) in [7, 11) is 0. The van der Waals surface area contributed by atoms with Crippen molar-refractivity contribution in [3.05, 3.63) is 0 Å². The van der Waals surface area contributed by atoms with Gasteiger partial charge in [0.25, 0.3) is 0 Å². The van der Waals surface area contributed by atoms with Crippen LogP contribution in [0.4, 0.5) is 0 Å². The van der Waals surface area contributed by atoms with Crippen molar-refractivity contribution in [3.63, 3.8) is 0 Å². The minimum absolute atomic E-state index is 0.0725. The minimum Gasteiger partial charge on any atom is -0.466 e. The van der Waals surface area contributed by atoms with E-state index < -0.39 is 5.41 Å². The molecule has 1 fully saturated rings. The molecule has 3 nitrogen and oxygen atoms in total. The van der Waals surface area contributed by atoms with Crippen molar-refractivity contribution < 1.29 is 9.53 Å². The Morgan fingerprint density at radius 3 is 2.56 bits per heavy atom. The van der Waals surface area contributed by atoms with Gasteiger partial charge in [0, 0.05) is 6.54 Å². The first-order valence-electron chi connectivity index (χ1n) is 7.51. The largest absolute Gasteiger partial charge is 0.466 e. The third-order valence-electron chi connectivity index (χ3n) is 4.82. The van der Waals surface area contributed by atoms with Crippen LogP contribution < -0.4 is 5.73 Å². The second kappa shape index (κ2) is 7.13. The van der Waals surface area contributed by atoms with E-state index in [0.29, 0.717) is 19.1 Å². The standard InChI is InChI=1S/C15H29NO2/c1-4-12-8-7-9-13(10-12)15(5-2,11-16)14(17)18-6-3/h12-13H,4-11,16H2,1-3H3. The Morgan fingerprint density at radius 1 is 1.33 bits per heavy atom. The molecule has 18 heavy (non-hydrogen) atoms. The zero-order valence-electron chi connectivity index (χ0n) is 12.2. The summed E-state index contributed by atoms with van der Waals surface area (Å²) in [5, 5.41) is 0. The highest BCUT2D eigenvalue weighted by molar-refractivity contribution is 5.77. The molecule has 0 saturated heterocycles. The van der Waals surface area contributed by atoms with Gasteiger partial charge in [0.2, 0.25) is 0 Å². The van der Waals surface area contributed by atoms with Crippen molar-refractivity contribution in [1.29, 1.82) is 0 Å². The normalized spacial score (nSPS) is 27.6. The molecule has 0 heterocycles. The Bertz CT molecular complexity index is 261. The average molecular weight is 255 g/mol. The van der Waals surface area contributed by atoms with Crippen LogP contribution in [0.15, 0.2) is 0 Å². The van der Waals surface area contributed by atoms with Crippen LogP contribution in [0.25, 0.3) is 0 Å². The lowest BCUT2D eigenvalue weighted by atomic mass is 9.64. The van der Waals surface area contributed by atoms with Crippen LogP contribution in [0.1, 0.15) is 59.3 Å². The van der Waals surface area contributed by atoms with E-state index in [4.69, 9.17) is 10.5 Å². The van der Waals surface area contributed by atoms with Crippen molar-refractivity contribution in [1.82, 2.24) is 0 Å². The third-order valence-corrected chi connectivity index (χ3v) is 4.82. The molecule has 0 aromatic heterocycles. The minimum atomic E-state index is -0.441. The quantitative estimate of drug-likeness (QED) is 0.742. The number of carbonyl (C=O) groups is 1. The molecule has 1 aliphatic carbocycles. The van der Waals surface area contributed by atoms with Crippen LogP contribution in [-0.4, -0.2) is 19.1 Å². The van der Waals surface area contributed by atoms with Crippen molar-refractivity contribution in [2.75, 3.05) is 13.2 Å². The predicted molar refractivity (Wildman–Crippen MR) is 74.2 cm³/mol. The van der Waals surface area contributed by atoms with Gasteiger partial charge in [-0.1, -0.05) is 33.1 Å². The van der Waals surface area contributed by atoms with Crippen LogP contribution in [-0.2, 0) is 9.53 Å². The Morgan fingerprint density at radius 2 is 2.06 bits per heavy atom. The summed E-state index contributed by atoms with van der Waals surface area (Å²) in [5.74, 6) is 1.10. The van der Waals surface area contributed by atoms with Gasteiger partial charge in [0.1, 0.15) is 0 Å². The smallest absolute Gasteiger partial charge is 0.313 e. The van der Waals surface area contributed by atoms with Crippen molar-refractivity contribution in [2.45, 2.75) is 59.3 Å². The van der Waals surface area contributed by atoms with E-state index in [2.05, 4.69) is 13.8 Å². The molecule has 1 rings (SSSR count). The van der Waals surface area contributed by atoms with Crippen LogP contribution in [0.5, 0.6) is 0 Å². The van der Waals surface area contributed by atoms with Crippen molar-refractivity contribution in [2.24, 2.45) is 23.0 Å². The molecule has 2 N–H and O–H groups in total. The molecular weight excluding hydrogens is 226 g/mol. The summed E-state index contributed by atoms with van der Waals surface area (Å²) >= 11 is 0. The van der Waals surface area contributed by atoms with Gasteiger partial charge in [0.15, 0.2) is 0 Å². The molecule has 0 amide bonds. The Hall–Kier alpha value is -0.570. The Balaban J connectivity index is 2.85. The van der Waals surface area contributed by atoms with E-state index in [9.17, 15) is 4.79 Å². The number of hydrogen-bond donors (Lipinski definition) is 1. The summed E-state index contributed by atoms with van der Waals surface area (Å²) in [5.41, 5.74) is 5.53. The van der Waals surface area contributed by atoms with Crippen molar-refractivity contribution in [3.8, 4) is 0 Å². The number of nitrogens with two attached hydrogens (primary N) is 1. The molecule has 0 spiro atoms. The van der Waals surface area contributed by atoms with Gasteiger partial charge in [-0.15, -0.1) is 0 Å². The predicted octanol–water partition coefficient (Wildman–Crippen LogP) is 3.12. The van der Waals surface area contributed by atoms with E-state index in [1.807, 2.05) is 6.92 Å². The Kier molecular flexibility index (Phi) is 6.13. The van der Waals surface area contributed by atoms with Crippen LogP contribution in [0.3, 0.4) is 0 Å². The molecule has 0 aliphatic heterocycles. The molecule has 1 saturated carbocycles. The fourth-order valence-electron chi connectivity index (χ4n) is 3.43. The van der Waals surface area contributed by atoms with E-state index in [1.54, 1.807) is 0 Å². The molecule has 0 radical (unpaired) electrons.